The van der Waals surface area contributed by atoms with Crippen molar-refractivity contribution in [2.45, 2.75) is 148 Å². The van der Waals surface area contributed by atoms with Gasteiger partial charge in [-0.25, -0.2) is 0 Å². The fourth-order valence-electron chi connectivity index (χ4n) is 5.44. The molecular weight excluding hydrogens is 506 g/mol. The minimum absolute atomic E-state index is 0.110. The van der Waals surface area contributed by atoms with E-state index in [0.29, 0.717) is 18.9 Å². The first-order valence-corrected chi connectivity index (χ1v) is 16.2. The molecule has 0 aromatic rings. The van der Waals surface area contributed by atoms with Gasteiger partial charge in [0, 0.05) is 12.5 Å². The highest BCUT2D eigenvalue weighted by Crippen LogP contribution is 2.25. The molecule has 2 rings (SSSR count). The first kappa shape index (κ1) is 34.5. The molecule has 0 amide bonds. The predicted octanol–water partition coefficient (Wildman–Crippen LogP) is 7.28. The normalized spacial score (nSPS) is 23.4. The molecule has 7 nitrogen and oxygen atoms in total. The van der Waals surface area contributed by atoms with Crippen LogP contribution in [-0.4, -0.2) is 68.2 Å². The summed E-state index contributed by atoms with van der Waals surface area (Å²) in [5.41, 5.74) is 0. The van der Waals surface area contributed by atoms with E-state index in [2.05, 4.69) is 43.1 Å². The predicted molar refractivity (Wildman–Crippen MR) is 160 cm³/mol. The average Bonchev–Trinajstić information content (AvgIpc) is 3.55. The highest BCUT2D eigenvalue weighted by atomic mass is 16.7. The van der Waals surface area contributed by atoms with Crippen LogP contribution < -0.4 is 0 Å². The molecule has 2 saturated heterocycles. The molecule has 0 aliphatic carbocycles. The zero-order valence-corrected chi connectivity index (χ0v) is 25.4. The van der Waals surface area contributed by atoms with Gasteiger partial charge in [-0.05, 0) is 90.6 Å². The second-order valence-electron chi connectivity index (χ2n) is 11.4. The van der Waals surface area contributed by atoms with Crippen molar-refractivity contribution >= 4 is 12.4 Å². The molecule has 0 saturated carbocycles. The lowest BCUT2D eigenvalue weighted by Crippen LogP contribution is -2.32. The van der Waals surface area contributed by atoms with E-state index in [4.69, 9.17) is 18.9 Å². The van der Waals surface area contributed by atoms with E-state index in [9.17, 15) is 9.59 Å². The van der Waals surface area contributed by atoms with Gasteiger partial charge in [0.25, 0.3) is 6.47 Å². The van der Waals surface area contributed by atoms with Crippen molar-refractivity contribution < 1.29 is 28.5 Å². The van der Waals surface area contributed by atoms with Crippen molar-refractivity contribution in [3.8, 4) is 0 Å². The summed E-state index contributed by atoms with van der Waals surface area (Å²) >= 11 is 0. The summed E-state index contributed by atoms with van der Waals surface area (Å²) < 4.78 is 22.4. The topological polar surface area (TPSA) is 74.3 Å². The molecule has 0 bridgehead atoms. The van der Waals surface area contributed by atoms with Crippen LogP contribution in [0, 0.1) is 0 Å². The maximum atomic E-state index is 12.3. The number of hydrogen-bond acceptors (Lipinski definition) is 7. The average molecular weight is 564 g/mol. The van der Waals surface area contributed by atoms with Gasteiger partial charge in [0.05, 0.1) is 0 Å². The van der Waals surface area contributed by atoms with Crippen LogP contribution in [0.25, 0.3) is 0 Å². The maximum absolute atomic E-state index is 12.3. The van der Waals surface area contributed by atoms with Gasteiger partial charge in [-0.15, -0.1) is 0 Å². The van der Waals surface area contributed by atoms with Crippen LogP contribution in [0.1, 0.15) is 123 Å². The molecule has 7 heteroatoms. The number of hydrogen-bond donors (Lipinski definition) is 0. The van der Waals surface area contributed by atoms with E-state index in [1.807, 2.05) is 0 Å². The lowest BCUT2D eigenvalue weighted by molar-refractivity contribution is -0.148. The minimum Gasteiger partial charge on any atom is -0.465 e. The van der Waals surface area contributed by atoms with Crippen molar-refractivity contribution in [1.29, 1.82) is 0 Å². The fourth-order valence-corrected chi connectivity index (χ4v) is 5.44. The van der Waals surface area contributed by atoms with Crippen LogP contribution >= 0.6 is 0 Å². The molecule has 0 radical (unpaired) electrons. The molecule has 2 fully saturated rings. The van der Waals surface area contributed by atoms with Crippen molar-refractivity contribution in [3.63, 3.8) is 0 Å². The molecule has 0 aromatic carbocycles. The standard InChI is InChI=1S/C33H57NO6/c1-3-4-5-6-7-8-9-10-11-12-13-14-15-16-17-22-32(36)38-27-31-30(26-37-28-35)39-33(40-31)23-18-19-24-34-25-20-21-29(34)2/h7-8,10-11,28-31,33H,3-6,9,12-27H2,1-2H3/b8-7-,11-10-. The molecule has 2 aliphatic rings. The Kier molecular flexibility index (Phi) is 19.8. The van der Waals surface area contributed by atoms with Gasteiger partial charge in [0.2, 0.25) is 0 Å². The summed E-state index contributed by atoms with van der Waals surface area (Å²) in [6.07, 6.45) is 26.6. The quantitative estimate of drug-likeness (QED) is 0.0529. The molecule has 0 spiro atoms. The number of rotatable bonds is 24. The van der Waals surface area contributed by atoms with Crippen LogP contribution in [0.4, 0.5) is 0 Å². The summed E-state index contributed by atoms with van der Waals surface area (Å²) in [7, 11) is 0. The van der Waals surface area contributed by atoms with E-state index in [-0.39, 0.29) is 25.5 Å². The lowest BCUT2D eigenvalue weighted by atomic mass is 10.1. The highest BCUT2D eigenvalue weighted by Gasteiger charge is 2.37. The fraction of sp³-hybridized carbons (Fsp3) is 0.818. The number of unbranched alkanes of at least 4 members (excludes halogenated alkanes) is 9. The van der Waals surface area contributed by atoms with Gasteiger partial charge in [0.1, 0.15) is 25.4 Å². The SMILES string of the molecule is CCCCC/C=C\C/C=C\CCCCCCCC(=O)OCC1OC(CCCCN2CCCC2C)OC1COC=O. The van der Waals surface area contributed by atoms with Crippen LogP contribution in [0.3, 0.4) is 0 Å². The number of esters is 1. The second kappa shape index (κ2) is 22.9. The first-order valence-electron chi connectivity index (χ1n) is 16.2. The largest absolute Gasteiger partial charge is 0.465 e. The van der Waals surface area contributed by atoms with E-state index in [1.54, 1.807) is 0 Å². The molecule has 4 atom stereocenters. The third-order valence-electron chi connectivity index (χ3n) is 7.96. The zero-order chi connectivity index (χ0) is 28.7. The van der Waals surface area contributed by atoms with Crippen LogP contribution in [0.15, 0.2) is 24.3 Å². The zero-order valence-electron chi connectivity index (χ0n) is 25.4. The molecule has 40 heavy (non-hydrogen) atoms. The monoisotopic (exact) mass is 563 g/mol. The third kappa shape index (κ3) is 15.9. The Morgan fingerprint density at radius 3 is 2.27 bits per heavy atom. The van der Waals surface area contributed by atoms with E-state index in [0.717, 1.165) is 57.9 Å². The number of carbonyl (C=O) groups is 2. The molecule has 0 N–H and O–H groups in total. The Morgan fingerprint density at radius 1 is 0.875 bits per heavy atom. The summed E-state index contributed by atoms with van der Waals surface area (Å²) in [6, 6.07) is 0.688. The Labute approximate surface area is 244 Å². The lowest BCUT2D eigenvalue weighted by Gasteiger charge is -2.20. The number of ether oxygens (including phenoxy) is 4. The molecule has 2 heterocycles. The Morgan fingerprint density at radius 2 is 1.57 bits per heavy atom. The summed E-state index contributed by atoms with van der Waals surface area (Å²) in [4.78, 5) is 25.5. The number of likely N-dealkylation sites (tertiary alicyclic amines) is 1. The number of carbonyl (C=O) groups excluding carboxylic acids is 2. The molecule has 0 aromatic heterocycles. The van der Waals surface area contributed by atoms with Crippen molar-refractivity contribution in [1.82, 2.24) is 4.90 Å². The summed E-state index contributed by atoms with van der Waals surface area (Å²) in [6.45, 7) is 7.51. The number of nitrogens with zero attached hydrogens (tertiary/aromatic N) is 1. The van der Waals surface area contributed by atoms with Gasteiger partial charge in [0.15, 0.2) is 6.29 Å². The second-order valence-corrected chi connectivity index (χ2v) is 11.4. The summed E-state index contributed by atoms with van der Waals surface area (Å²) in [5.74, 6) is -0.201. The molecular formula is C33H57NO6. The van der Waals surface area contributed by atoms with Crippen molar-refractivity contribution in [2.24, 2.45) is 0 Å². The molecule has 230 valence electrons. The Hall–Kier alpha value is -1.70. The van der Waals surface area contributed by atoms with Crippen LogP contribution in [0.5, 0.6) is 0 Å². The van der Waals surface area contributed by atoms with Crippen molar-refractivity contribution in [2.75, 3.05) is 26.3 Å². The Bertz CT molecular complexity index is 711. The van der Waals surface area contributed by atoms with Gasteiger partial charge >= 0.3 is 5.97 Å². The maximum Gasteiger partial charge on any atom is 0.305 e. The first-order chi connectivity index (χ1) is 19.6. The van der Waals surface area contributed by atoms with E-state index in [1.165, 1.54) is 57.9 Å². The van der Waals surface area contributed by atoms with Gasteiger partial charge in [-0.1, -0.05) is 63.3 Å². The number of allylic oxidation sites excluding steroid dienone is 4. The third-order valence-corrected chi connectivity index (χ3v) is 7.96. The van der Waals surface area contributed by atoms with Crippen molar-refractivity contribution in [3.05, 3.63) is 24.3 Å². The smallest absolute Gasteiger partial charge is 0.305 e. The van der Waals surface area contributed by atoms with Gasteiger partial charge < -0.3 is 23.8 Å². The molecule has 2 aliphatic heterocycles. The van der Waals surface area contributed by atoms with Crippen LogP contribution in [-0.2, 0) is 28.5 Å². The minimum atomic E-state index is -0.405. The van der Waals surface area contributed by atoms with Gasteiger partial charge in [-0.3, -0.25) is 9.59 Å². The summed E-state index contributed by atoms with van der Waals surface area (Å²) in [5, 5.41) is 0. The molecule has 4 unspecified atom stereocenters. The van der Waals surface area contributed by atoms with E-state index >= 15 is 0 Å². The van der Waals surface area contributed by atoms with E-state index < -0.39 is 12.2 Å². The Balaban J connectivity index is 1.49. The van der Waals surface area contributed by atoms with Gasteiger partial charge in [-0.2, -0.15) is 0 Å². The highest BCUT2D eigenvalue weighted by molar-refractivity contribution is 5.69. The van der Waals surface area contributed by atoms with Crippen LogP contribution in [0.2, 0.25) is 0 Å².